The topological polar surface area (TPSA) is 237 Å². The normalized spacial score (nSPS) is 14.4. The van der Waals surface area contributed by atoms with Gasteiger partial charge in [-0.15, -0.1) is 0 Å². The Kier molecular flexibility index (Phi) is 77.1. The second-order valence-electron chi connectivity index (χ2n) is 28.4. The van der Waals surface area contributed by atoms with E-state index in [0.717, 1.165) is 205 Å². The van der Waals surface area contributed by atoms with E-state index in [1.54, 1.807) is 0 Å². The number of hydrogen-bond donors (Lipinski definition) is 3. The molecule has 622 valence electrons. The van der Waals surface area contributed by atoms with Gasteiger partial charge < -0.3 is 33.8 Å². The zero-order chi connectivity index (χ0) is 78.9. The van der Waals surface area contributed by atoms with Crippen LogP contribution in [0, 0.1) is 0 Å². The third kappa shape index (κ3) is 79.5. The van der Waals surface area contributed by atoms with Crippen molar-refractivity contribution in [2.45, 2.75) is 380 Å². The summed E-state index contributed by atoms with van der Waals surface area (Å²) in [7, 11) is -9.98. The van der Waals surface area contributed by atoms with Crippen LogP contribution in [0.3, 0.4) is 0 Å². The third-order valence-corrected chi connectivity index (χ3v) is 19.8. The number of esters is 4. The quantitative estimate of drug-likeness (QED) is 0.0169. The molecule has 0 aliphatic carbocycles. The summed E-state index contributed by atoms with van der Waals surface area (Å²) < 4.78 is 68.8. The Hall–Kier alpha value is -4.54. The van der Waals surface area contributed by atoms with E-state index in [1.807, 2.05) is 0 Å². The summed E-state index contributed by atoms with van der Waals surface area (Å²) in [6, 6.07) is 0. The number of unbranched alkanes of at least 4 members (excludes halogenated alkanes) is 34. The zero-order valence-corrected chi connectivity index (χ0v) is 70.0. The summed E-state index contributed by atoms with van der Waals surface area (Å²) in [4.78, 5) is 73.3. The first kappa shape index (κ1) is 103. The fraction of sp³-hybridized carbons (Fsp3) is 0.730. The summed E-state index contributed by atoms with van der Waals surface area (Å²) in [6.45, 7) is 4.64. The summed E-state index contributed by atoms with van der Waals surface area (Å²) in [6.07, 6.45) is 90.1. The van der Waals surface area contributed by atoms with Crippen molar-refractivity contribution in [1.29, 1.82) is 0 Å². The molecule has 5 unspecified atom stereocenters. The highest BCUT2D eigenvalue weighted by molar-refractivity contribution is 7.47. The molecule has 0 heterocycles. The van der Waals surface area contributed by atoms with E-state index in [9.17, 15) is 43.2 Å². The number of aliphatic hydroxyl groups excluding tert-OH is 1. The molecule has 108 heavy (non-hydrogen) atoms. The van der Waals surface area contributed by atoms with Crippen molar-refractivity contribution in [3.8, 4) is 0 Å². The molecule has 0 amide bonds. The van der Waals surface area contributed by atoms with Gasteiger partial charge in [-0.05, 0) is 154 Å². The zero-order valence-electron chi connectivity index (χ0n) is 68.2. The Balaban J connectivity index is 5.40. The van der Waals surface area contributed by atoms with Gasteiger partial charge in [0, 0.05) is 25.7 Å². The molecule has 0 aliphatic heterocycles. The summed E-state index contributed by atoms with van der Waals surface area (Å²) in [5, 5.41) is 10.7. The highest BCUT2D eigenvalue weighted by Crippen LogP contribution is 2.45. The number of phosphoric ester groups is 2. The van der Waals surface area contributed by atoms with Crippen LogP contribution >= 0.6 is 15.6 Å². The molecule has 0 aromatic rings. The van der Waals surface area contributed by atoms with Gasteiger partial charge in [-0.3, -0.25) is 37.3 Å². The summed E-state index contributed by atoms with van der Waals surface area (Å²) in [5.74, 6) is -2.21. The molecule has 0 rings (SSSR count). The molecule has 19 heteroatoms. The Morgan fingerprint density at radius 2 is 0.481 bits per heavy atom. The molecule has 0 aromatic carbocycles. The van der Waals surface area contributed by atoms with Crippen LogP contribution in [-0.2, 0) is 65.4 Å². The molecule has 0 aliphatic rings. The first-order valence-electron chi connectivity index (χ1n) is 42.8. The van der Waals surface area contributed by atoms with E-state index in [4.69, 9.17) is 37.0 Å². The smallest absolute Gasteiger partial charge is 0.462 e. The lowest BCUT2D eigenvalue weighted by atomic mass is 10.1. The van der Waals surface area contributed by atoms with Gasteiger partial charge in [0.1, 0.15) is 19.3 Å². The average Bonchev–Trinajstić information content (AvgIpc) is 0.896. The van der Waals surface area contributed by atoms with E-state index in [0.29, 0.717) is 25.7 Å². The van der Waals surface area contributed by atoms with Gasteiger partial charge in [-0.25, -0.2) is 9.13 Å². The predicted octanol–water partition coefficient (Wildman–Crippen LogP) is 25.5. The van der Waals surface area contributed by atoms with Crippen molar-refractivity contribution >= 4 is 39.5 Å². The highest BCUT2D eigenvalue weighted by atomic mass is 31.2. The molecule has 0 aromatic heterocycles. The van der Waals surface area contributed by atoms with E-state index in [2.05, 4.69) is 149 Å². The molecular formula is C89H154O17P2. The number of rotatable bonds is 80. The fourth-order valence-corrected chi connectivity index (χ4v) is 13.0. The van der Waals surface area contributed by atoms with E-state index in [1.165, 1.54) is 77.0 Å². The number of hydrogen-bond acceptors (Lipinski definition) is 15. The van der Waals surface area contributed by atoms with E-state index >= 15 is 0 Å². The van der Waals surface area contributed by atoms with E-state index in [-0.39, 0.29) is 25.7 Å². The van der Waals surface area contributed by atoms with Gasteiger partial charge >= 0.3 is 39.5 Å². The minimum absolute atomic E-state index is 0.0728. The Morgan fingerprint density at radius 3 is 0.750 bits per heavy atom. The van der Waals surface area contributed by atoms with Crippen LogP contribution in [-0.4, -0.2) is 96.7 Å². The fourth-order valence-electron chi connectivity index (χ4n) is 11.4. The molecule has 0 bridgehead atoms. The van der Waals surface area contributed by atoms with Crippen molar-refractivity contribution in [3.63, 3.8) is 0 Å². The van der Waals surface area contributed by atoms with Crippen molar-refractivity contribution in [3.05, 3.63) is 122 Å². The Morgan fingerprint density at radius 1 is 0.269 bits per heavy atom. The van der Waals surface area contributed by atoms with Crippen molar-refractivity contribution in [2.24, 2.45) is 0 Å². The lowest BCUT2D eigenvalue weighted by Crippen LogP contribution is -2.30. The van der Waals surface area contributed by atoms with Crippen LogP contribution in [0.5, 0.6) is 0 Å². The second-order valence-corrected chi connectivity index (χ2v) is 31.3. The molecule has 5 atom stereocenters. The molecule has 3 N–H and O–H groups in total. The lowest BCUT2D eigenvalue weighted by molar-refractivity contribution is -0.161. The molecule has 0 fully saturated rings. The molecule has 0 saturated carbocycles. The first-order valence-corrected chi connectivity index (χ1v) is 45.8. The van der Waals surface area contributed by atoms with Crippen LogP contribution in [0.2, 0.25) is 0 Å². The minimum Gasteiger partial charge on any atom is -0.462 e. The third-order valence-electron chi connectivity index (χ3n) is 17.9. The van der Waals surface area contributed by atoms with Gasteiger partial charge in [-0.1, -0.05) is 303 Å². The number of allylic oxidation sites excluding steroid dienone is 20. The molecular weight excluding hydrogens is 1400 g/mol. The summed E-state index contributed by atoms with van der Waals surface area (Å²) in [5.41, 5.74) is 0. The number of aliphatic hydroxyl groups is 1. The maximum absolute atomic E-state index is 13.1. The molecule has 0 saturated heterocycles. The van der Waals surface area contributed by atoms with Crippen LogP contribution in [0.1, 0.15) is 362 Å². The van der Waals surface area contributed by atoms with Crippen LogP contribution in [0.15, 0.2) is 122 Å². The van der Waals surface area contributed by atoms with Crippen molar-refractivity contribution in [1.82, 2.24) is 0 Å². The van der Waals surface area contributed by atoms with Gasteiger partial charge in [0.05, 0.1) is 26.4 Å². The number of carbonyl (C=O) groups is 4. The maximum Gasteiger partial charge on any atom is 0.472 e. The summed E-state index contributed by atoms with van der Waals surface area (Å²) >= 11 is 0. The first-order chi connectivity index (χ1) is 52.7. The minimum atomic E-state index is -4.99. The van der Waals surface area contributed by atoms with Gasteiger partial charge in [-0.2, -0.15) is 0 Å². The Labute approximate surface area is 657 Å². The highest BCUT2D eigenvalue weighted by Gasteiger charge is 2.30. The van der Waals surface area contributed by atoms with Crippen LogP contribution in [0.25, 0.3) is 0 Å². The lowest BCUT2D eigenvalue weighted by Gasteiger charge is -2.21. The van der Waals surface area contributed by atoms with Gasteiger partial charge in [0.2, 0.25) is 0 Å². The second kappa shape index (κ2) is 80.5. The number of ether oxygens (including phenoxy) is 4. The van der Waals surface area contributed by atoms with Gasteiger partial charge in [0.15, 0.2) is 12.2 Å². The largest absolute Gasteiger partial charge is 0.472 e. The predicted molar refractivity (Wildman–Crippen MR) is 445 cm³/mol. The molecule has 0 spiro atoms. The monoisotopic (exact) mass is 1560 g/mol. The van der Waals surface area contributed by atoms with Crippen molar-refractivity contribution in [2.75, 3.05) is 39.6 Å². The van der Waals surface area contributed by atoms with Crippen LogP contribution in [0.4, 0.5) is 0 Å². The van der Waals surface area contributed by atoms with E-state index < -0.39 is 97.5 Å². The average molecular weight is 1560 g/mol. The SMILES string of the molecule is CC/C=C\C/C=C\C/C=C\C/C=C\CCCCCCCCC(=O)OCC(COP(=O)(O)OCC(O)COP(=O)(O)OCC(COC(=O)CCCCCCC/C=C\CCCCCCCC)OC(=O)CCCCCCC/C=C\CCCCCCCC)OC(=O)CCCCCCCC/C=C\C/C=C\C/C=C\C/C=C\CC. The number of phosphoric acid groups is 2. The number of carbonyl (C=O) groups excluding carboxylic acids is 4. The maximum atomic E-state index is 13.1. The standard InChI is InChI=1S/C89H154O17P2/c1-5-9-13-17-21-25-29-33-37-39-41-43-47-50-54-58-62-66-70-74-87(92)100-80-85(106-89(94)76-72-68-64-60-56-52-48-44-42-40-38-34-30-26-22-18-14-10-6-2)82-104-108(97,98)102-78-83(90)77-101-107(95,96)103-81-84(105-88(93)75-71-67-63-59-55-51-46-36-32-28-24-20-16-12-8-4)79-99-86(91)73-69-65-61-57-53-49-45-35-31-27-23-19-15-11-7-3/h9-10,13-14,21-22,25-26,33-38,41-46,83-85,90H,5-8,11-12,15-20,23-24,27-32,39-40,47-82H2,1-4H3,(H,95,96)(H,97,98)/b13-9-,14-10-,25-21-,26-22-,37-33-,38-34-,43-41-,44-42-,45-35-,46-36-. The molecule has 0 radical (unpaired) electrons. The van der Waals surface area contributed by atoms with Crippen molar-refractivity contribution < 1.29 is 80.2 Å². The van der Waals surface area contributed by atoms with Crippen LogP contribution < -0.4 is 0 Å². The Bertz CT molecular complexity index is 2520. The molecule has 17 nitrogen and oxygen atoms in total. The van der Waals surface area contributed by atoms with Gasteiger partial charge in [0.25, 0.3) is 0 Å².